The van der Waals surface area contributed by atoms with E-state index in [9.17, 15) is 9.59 Å². The van der Waals surface area contributed by atoms with Gasteiger partial charge in [0.2, 0.25) is 0 Å². The Balaban J connectivity index is 1.59. The maximum Gasteiger partial charge on any atom is 0.267 e. The zero-order valence-corrected chi connectivity index (χ0v) is 15.5. The summed E-state index contributed by atoms with van der Waals surface area (Å²) in [6, 6.07) is 0. The van der Waals surface area contributed by atoms with E-state index in [2.05, 4.69) is 20.6 Å². The van der Waals surface area contributed by atoms with E-state index in [0.717, 1.165) is 41.5 Å². The summed E-state index contributed by atoms with van der Waals surface area (Å²) in [5.74, 6) is -0.118. The van der Waals surface area contributed by atoms with E-state index in [-0.39, 0.29) is 11.8 Å². The van der Waals surface area contributed by atoms with Crippen molar-refractivity contribution in [3.05, 3.63) is 46.0 Å². The van der Waals surface area contributed by atoms with E-state index in [1.165, 1.54) is 0 Å². The molecule has 6 heteroatoms. The molecule has 0 unspecified atom stereocenters. The molecule has 136 valence electrons. The Hall–Kier alpha value is -2.50. The molecule has 0 spiro atoms. The van der Waals surface area contributed by atoms with E-state index in [1.807, 2.05) is 40.1 Å². The Kier molecular flexibility index (Phi) is 6.44. The maximum atomic E-state index is 12.0. The van der Waals surface area contributed by atoms with Gasteiger partial charge in [-0.2, -0.15) is 0 Å². The third-order valence-electron chi connectivity index (χ3n) is 4.68. The summed E-state index contributed by atoms with van der Waals surface area (Å²) in [5, 5.41) is 5.85. The van der Waals surface area contributed by atoms with Crippen LogP contribution in [0.1, 0.15) is 62.5 Å². The van der Waals surface area contributed by atoms with Crippen LogP contribution in [0.3, 0.4) is 0 Å². The lowest BCUT2D eigenvalue weighted by Crippen LogP contribution is -2.27. The molecule has 0 radical (unpaired) electrons. The molecule has 2 aromatic rings. The van der Waals surface area contributed by atoms with E-state index in [1.54, 1.807) is 0 Å². The number of carbonyl (C=O) groups is 2. The minimum absolute atomic E-state index is 0.0588. The Morgan fingerprint density at radius 3 is 1.48 bits per heavy atom. The zero-order chi connectivity index (χ0) is 18.4. The predicted molar refractivity (Wildman–Crippen MR) is 99.1 cm³/mol. The van der Waals surface area contributed by atoms with Crippen LogP contribution in [0.5, 0.6) is 0 Å². The highest BCUT2D eigenvalue weighted by Crippen LogP contribution is 2.11. The minimum Gasteiger partial charge on any atom is -0.357 e. The summed E-state index contributed by atoms with van der Waals surface area (Å²) in [6.07, 6.45) is 6.43. The number of H-pyrrole nitrogens is 2. The number of nitrogens with one attached hydrogen (secondary N) is 4. The Morgan fingerprint density at radius 1 is 0.760 bits per heavy atom. The quantitative estimate of drug-likeness (QED) is 0.555. The van der Waals surface area contributed by atoms with Gasteiger partial charge in [0.1, 0.15) is 11.4 Å². The zero-order valence-electron chi connectivity index (χ0n) is 15.5. The molecule has 0 aliphatic rings. The molecular weight excluding hydrogens is 316 g/mol. The number of rotatable bonds is 8. The van der Waals surface area contributed by atoms with E-state index >= 15 is 0 Å². The molecule has 0 fully saturated rings. The monoisotopic (exact) mass is 344 g/mol. The molecular formula is C19H28N4O2. The molecule has 0 aliphatic carbocycles. The standard InChI is InChI=1S/C19H28N4O2/c1-12-10-22-16(14(12)3)18(24)20-8-6-5-7-9-21-19(25)17-15(4)13(2)11-23-17/h10-11,22-23H,5-9H2,1-4H3,(H,20,24)(H,21,25). The fraction of sp³-hybridized carbons (Fsp3) is 0.474. The molecule has 0 aliphatic heterocycles. The van der Waals surface area contributed by atoms with Gasteiger partial charge in [-0.3, -0.25) is 9.59 Å². The minimum atomic E-state index is -0.0588. The van der Waals surface area contributed by atoms with Gasteiger partial charge in [0.25, 0.3) is 11.8 Å². The number of carbonyl (C=O) groups excluding carboxylic acids is 2. The van der Waals surface area contributed by atoms with E-state index in [4.69, 9.17) is 0 Å². The van der Waals surface area contributed by atoms with Gasteiger partial charge in [-0.05, 0) is 69.2 Å². The van der Waals surface area contributed by atoms with Gasteiger partial charge >= 0.3 is 0 Å². The van der Waals surface area contributed by atoms with Crippen LogP contribution in [-0.2, 0) is 0 Å². The Labute approximate surface area is 148 Å². The SMILES string of the molecule is Cc1c[nH]c(C(=O)NCCCCCNC(=O)c2[nH]cc(C)c2C)c1C. The Bertz CT molecular complexity index is 680. The number of hydrogen-bond donors (Lipinski definition) is 4. The van der Waals surface area contributed by atoms with Gasteiger partial charge in [-0.25, -0.2) is 0 Å². The van der Waals surface area contributed by atoms with Crippen molar-refractivity contribution in [2.45, 2.75) is 47.0 Å². The number of aryl methyl sites for hydroxylation is 2. The Morgan fingerprint density at radius 2 is 1.16 bits per heavy atom. The van der Waals surface area contributed by atoms with Crippen molar-refractivity contribution in [2.24, 2.45) is 0 Å². The highest BCUT2D eigenvalue weighted by molar-refractivity contribution is 5.94. The largest absolute Gasteiger partial charge is 0.357 e. The van der Waals surface area contributed by atoms with Crippen molar-refractivity contribution < 1.29 is 9.59 Å². The molecule has 25 heavy (non-hydrogen) atoms. The third kappa shape index (κ3) is 4.75. The third-order valence-corrected chi connectivity index (χ3v) is 4.68. The molecule has 2 heterocycles. The molecule has 2 amide bonds. The molecule has 4 N–H and O–H groups in total. The highest BCUT2D eigenvalue weighted by Gasteiger charge is 2.12. The second kappa shape index (κ2) is 8.55. The first-order valence-corrected chi connectivity index (χ1v) is 8.77. The summed E-state index contributed by atoms with van der Waals surface area (Å²) in [6.45, 7) is 9.12. The van der Waals surface area contributed by atoms with E-state index in [0.29, 0.717) is 24.5 Å². The average molecular weight is 344 g/mol. The first-order chi connectivity index (χ1) is 11.9. The van der Waals surface area contributed by atoms with Gasteiger partial charge in [-0.1, -0.05) is 0 Å². The second-order valence-corrected chi connectivity index (χ2v) is 6.52. The molecule has 0 saturated carbocycles. The van der Waals surface area contributed by atoms with Crippen LogP contribution in [0.2, 0.25) is 0 Å². The normalized spacial score (nSPS) is 10.7. The van der Waals surface area contributed by atoms with Crippen molar-refractivity contribution in [3.63, 3.8) is 0 Å². The van der Waals surface area contributed by atoms with Gasteiger partial charge in [0.05, 0.1) is 0 Å². The number of hydrogen-bond acceptors (Lipinski definition) is 2. The van der Waals surface area contributed by atoms with Crippen LogP contribution in [0, 0.1) is 27.7 Å². The van der Waals surface area contributed by atoms with Crippen LogP contribution in [0.4, 0.5) is 0 Å². The number of aromatic amines is 2. The first kappa shape index (κ1) is 18.8. The van der Waals surface area contributed by atoms with Crippen molar-refractivity contribution in [1.29, 1.82) is 0 Å². The van der Waals surface area contributed by atoms with Crippen LogP contribution >= 0.6 is 0 Å². The predicted octanol–water partition coefficient (Wildman–Crippen LogP) is 2.91. The first-order valence-electron chi connectivity index (χ1n) is 8.77. The van der Waals surface area contributed by atoms with Crippen molar-refractivity contribution in [3.8, 4) is 0 Å². The molecule has 2 aromatic heterocycles. The molecule has 6 nitrogen and oxygen atoms in total. The second-order valence-electron chi connectivity index (χ2n) is 6.52. The molecule has 0 aromatic carbocycles. The molecule has 0 saturated heterocycles. The number of unbranched alkanes of at least 4 members (excludes halogenated alkanes) is 2. The number of aromatic nitrogens is 2. The van der Waals surface area contributed by atoms with Crippen molar-refractivity contribution in [2.75, 3.05) is 13.1 Å². The smallest absolute Gasteiger partial charge is 0.267 e. The van der Waals surface area contributed by atoms with Gasteiger partial charge < -0.3 is 20.6 Å². The summed E-state index contributed by atoms with van der Waals surface area (Å²) in [5.41, 5.74) is 5.45. The summed E-state index contributed by atoms with van der Waals surface area (Å²) < 4.78 is 0. The molecule has 2 rings (SSSR count). The van der Waals surface area contributed by atoms with Crippen molar-refractivity contribution >= 4 is 11.8 Å². The lowest BCUT2D eigenvalue weighted by Gasteiger charge is -2.07. The van der Waals surface area contributed by atoms with Crippen LogP contribution in [0.25, 0.3) is 0 Å². The number of amides is 2. The fourth-order valence-corrected chi connectivity index (χ4v) is 2.67. The van der Waals surface area contributed by atoms with Gasteiger partial charge in [0, 0.05) is 25.5 Å². The van der Waals surface area contributed by atoms with Crippen molar-refractivity contribution in [1.82, 2.24) is 20.6 Å². The lowest BCUT2D eigenvalue weighted by atomic mass is 10.1. The van der Waals surface area contributed by atoms with Crippen LogP contribution in [0.15, 0.2) is 12.4 Å². The molecule has 0 atom stereocenters. The maximum absolute atomic E-state index is 12.0. The molecule has 0 bridgehead atoms. The summed E-state index contributed by atoms with van der Waals surface area (Å²) in [4.78, 5) is 30.1. The summed E-state index contributed by atoms with van der Waals surface area (Å²) >= 11 is 0. The van der Waals surface area contributed by atoms with E-state index < -0.39 is 0 Å². The lowest BCUT2D eigenvalue weighted by molar-refractivity contribution is 0.0942. The average Bonchev–Trinajstić information content (AvgIpc) is 3.09. The fourth-order valence-electron chi connectivity index (χ4n) is 2.67. The van der Waals surface area contributed by atoms with Gasteiger partial charge in [-0.15, -0.1) is 0 Å². The van der Waals surface area contributed by atoms with Crippen LogP contribution in [-0.4, -0.2) is 34.9 Å². The summed E-state index contributed by atoms with van der Waals surface area (Å²) in [7, 11) is 0. The van der Waals surface area contributed by atoms with Crippen LogP contribution < -0.4 is 10.6 Å². The topological polar surface area (TPSA) is 89.8 Å². The highest BCUT2D eigenvalue weighted by atomic mass is 16.2. The van der Waals surface area contributed by atoms with Gasteiger partial charge in [0.15, 0.2) is 0 Å².